The van der Waals surface area contributed by atoms with Crippen LogP contribution in [0.1, 0.15) is 51.4 Å². The van der Waals surface area contributed by atoms with Crippen molar-refractivity contribution in [2.24, 2.45) is 11.8 Å². The lowest BCUT2D eigenvalue weighted by molar-refractivity contribution is -0.133. The Hall–Kier alpha value is -0.0500. The number of nitrogens with zero attached hydrogens (tertiary/aromatic N) is 1. The van der Waals surface area contributed by atoms with Gasteiger partial charge in [-0.25, -0.2) is 0 Å². The van der Waals surface area contributed by atoms with Crippen LogP contribution in [0.25, 0.3) is 0 Å². The van der Waals surface area contributed by atoms with Crippen LogP contribution >= 0.6 is 15.9 Å². The van der Waals surface area contributed by atoms with Gasteiger partial charge in [-0.1, -0.05) is 35.2 Å². The molecular weight excluding hydrogens is 278 g/mol. The lowest BCUT2D eigenvalue weighted by Gasteiger charge is -2.32. The molecule has 1 aliphatic carbocycles. The second-order valence-electron chi connectivity index (χ2n) is 5.69. The van der Waals surface area contributed by atoms with Gasteiger partial charge in [-0.05, 0) is 37.5 Å². The van der Waals surface area contributed by atoms with E-state index in [4.69, 9.17) is 0 Å². The summed E-state index contributed by atoms with van der Waals surface area (Å²) in [4.78, 5) is 14.3. The quantitative estimate of drug-likeness (QED) is 0.730. The van der Waals surface area contributed by atoms with Crippen molar-refractivity contribution in [2.75, 3.05) is 18.4 Å². The van der Waals surface area contributed by atoms with Gasteiger partial charge < -0.3 is 4.90 Å². The van der Waals surface area contributed by atoms with Gasteiger partial charge in [0.25, 0.3) is 0 Å². The minimum atomic E-state index is 0.421. The third kappa shape index (κ3) is 3.97. The highest BCUT2D eigenvalue weighted by atomic mass is 79.9. The van der Waals surface area contributed by atoms with Gasteiger partial charge in [-0.2, -0.15) is 0 Å². The van der Waals surface area contributed by atoms with E-state index in [2.05, 4.69) is 20.8 Å². The van der Waals surface area contributed by atoms with Crippen molar-refractivity contribution in [3.63, 3.8) is 0 Å². The van der Waals surface area contributed by atoms with E-state index in [1.54, 1.807) is 0 Å². The molecule has 0 N–H and O–H groups in total. The molecule has 1 amide bonds. The molecule has 0 aromatic heterocycles. The molecule has 0 unspecified atom stereocenters. The Bertz CT molecular complexity index is 243. The molecule has 0 aromatic carbocycles. The molecule has 1 aliphatic heterocycles. The number of piperidine rings is 1. The Morgan fingerprint density at radius 2 is 1.65 bits per heavy atom. The molecule has 1 saturated heterocycles. The fourth-order valence-electron chi connectivity index (χ4n) is 3.10. The maximum Gasteiger partial charge on any atom is 0.222 e. The zero-order chi connectivity index (χ0) is 12.1. The van der Waals surface area contributed by atoms with E-state index in [0.717, 1.165) is 30.8 Å². The van der Waals surface area contributed by atoms with E-state index in [-0.39, 0.29) is 0 Å². The van der Waals surface area contributed by atoms with Crippen LogP contribution in [0.5, 0.6) is 0 Å². The monoisotopic (exact) mass is 301 g/mol. The molecule has 2 rings (SSSR count). The minimum absolute atomic E-state index is 0.421. The van der Waals surface area contributed by atoms with Crippen LogP contribution in [-0.4, -0.2) is 29.2 Å². The smallest absolute Gasteiger partial charge is 0.222 e. The van der Waals surface area contributed by atoms with Gasteiger partial charge in [-0.15, -0.1) is 0 Å². The van der Waals surface area contributed by atoms with Gasteiger partial charge in [-0.3, -0.25) is 4.79 Å². The van der Waals surface area contributed by atoms with Crippen molar-refractivity contribution in [2.45, 2.75) is 51.4 Å². The molecule has 0 spiro atoms. The lowest BCUT2D eigenvalue weighted by Crippen LogP contribution is -2.39. The van der Waals surface area contributed by atoms with Crippen molar-refractivity contribution in [1.29, 1.82) is 0 Å². The molecule has 98 valence electrons. The average Bonchev–Trinajstić information content (AvgIpc) is 2.40. The maximum absolute atomic E-state index is 12.2. The van der Waals surface area contributed by atoms with E-state index in [9.17, 15) is 4.79 Å². The standard InChI is InChI=1S/C14H24BrNO/c15-11-13-6-8-16(9-7-13)14(17)10-12-4-2-1-3-5-12/h12-13H,1-11H2. The van der Waals surface area contributed by atoms with Gasteiger partial charge >= 0.3 is 0 Å². The minimum Gasteiger partial charge on any atom is -0.343 e. The van der Waals surface area contributed by atoms with Crippen LogP contribution in [0.4, 0.5) is 0 Å². The average molecular weight is 302 g/mol. The third-order valence-electron chi connectivity index (χ3n) is 4.37. The Morgan fingerprint density at radius 1 is 1.00 bits per heavy atom. The fraction of sp³-hybridized carbons (Fsp3) is 0.929. The van der Waals surface area contributed by atoms with Gasteiger partial charge in [0.05, 0.1) is 0 Å². The molecule has 17 heavy (non-hydrogen) atoms. The number of rotatable bonds is 3. The zero-order valence-corrected chi connectivity index (χ0v) is 12.3. The fourth-order valence-corrected chi connectivity index (χ4v) is 3.75. The van der Waals surface area contributed by atoms with E-state index in [0.29, 0.717) is 11.8 Å². The number of likely N-dealkylation sites (tertiary alicyclic amines) is 1. The third-order valence-corrected chi connectivity index (χ3v) is 5.29. The summed E-state index contributed by atoms with van der Waals surface area (Å²) in [6, 6.07) is 0. The number of hydrogen-bond acceptors (Lipinski definition) is 1. The molecule has 0 aromatic rings. The molecule has 3 heteroatoms. The molecule has 1 saturated carbocycles. The SMILES string of the molecule is O=C(CC1CCCCC1)N1CCC(CBr)CC1. The first-order valence-electron chi connectivity index (χ1n) is 7.13. The Kier molecular flexibility index (Phi) is 5.33. The van der Waals surface area contributed by atoms with E-state index < -0.39 is 0 Å². The van der Waals surface area contributed by atoms with Crippen LogP contribution in [0.2, 0.25) is 0 Å². The summed E-state index contributed by atoms with van der Waals surface area (Å²) in [7, 11) is 0. The predicted octanol–water partition coefficient (Wildman–Crippen LogP) is 3.59. The lowest BCUT2D eigenvalue weighted by atomic mass is 9.86. The first-order chi connectivity index (χ1) is 8.29. The zero-order valence-electron chi connectivity index (χ0n) is 10.7. The van der Waals surface area contributed by atoms with Crippen molar-refractivity contribution in [3.8, 4) is 0 Å². The van der Waals surface area contributed by atoms with Crippen LogP contribution in [0, 0.1) is 11.8 Å². The Morgan fingerprint density at radius 3 is 2.24 bits per heavy atom. The van der Waals surface area contributed by atoms with Crippen LogP contribution < -0.4 is 0 Å². The molecule has 2 aliphatic rings. The number of amides is 1. The molecule has 2 nitrogen and oxygen atoms in total. The van der Waals surface area contributed by atoms with Gasteiger partial charge in [0.15, 0.2) is 0 Å². The summed E-state index contributed by atoms with van der Waals surface area (Å²) in [5, 5.41) is 1.09. The molecule has 2 fully saturated rings. The Balaban J connectivity index is 1.72. The Labute approximate surface area is 113 Å². The predicted molar refractivity (Wildman–Crippen MR) is 74.3 cm³/mol. The molecule has 0 atom stereocenters. The highest BCUT2D eigenvalue weighted by Crippen LogP contribution is 2.28. The highest BCUT2D eigenvalue weighted by Gasteiger charge is 2.24. The summed E-state index contributed by atoms with van der Waals surface area (Å²) >= 11 is 3.54. The number of carbonyl (C=O) groups excluding carboxylic acids is 1. The summed E-state index contributed by atoms with van der Waals surface area (Å²) in [6.45, 7) is 1.98. The summed E-state index contributed by atoms with van der Waals surface area (Å²) < 4.78 is 0. The second kappa shape index (κ2) is 6.77. The van der Waals surface area contributed by atoms with Crippen LogP contribution in [-0.2, 0) is 4.79 Å². The van der Waals surface area contributed by atoms with E-state index in [1.807, 2.05) is 0 Å². The van der Waals surface area contributed by atoms with Crippen molar-refractivity contribution in [3.05, 3.63) is 0 Å². The summed E-state index contributed by atoms with van der Waals surface area (Å²) in [5.41, 5.74) is 0. The van der Waals surface area contributed by atoms with E-state index in [1.165, 1.54) is 44.9 Å². The normalized spacial score (nSPS) is 23.9. The van der Waals surface area contributed by atoms with Gasteiger partial charge in [0.2, 0.25) is 5.91 Å². The number of hydrogen-bond donors (Lipinski definition) is 0. The van der Waals surface area contributed by atoms with Crippen molar-refractivity contribution < 1.29 is 4.79 Å². The topological polar surface area (TPSA) is 20.3 Å². The maximum atomic E-state index is 12.2. The molecular formula is C14H24BrNO. The summed E-state index contributed by atoms with van der Waals surface area (Å²) in [5.74, 6) is 1.89. The molecule has 0 bridgehead atoms. The van der Waals surface area contributed by atoms with E-state index >= 15 is 0 Å². The molecule has 1 heterocycles. The summed E-state index contributed by atoms with van der Waals surface area (Å²) in [6.07, 6.45) is 9.80. The number of alkyl halides is 1. The van der Waals surface area contributed by atoms with Crippen molar-refractivity contribution in [1.82, 2.24) is 4.90 Å². The number of carbonyl (C=O) groups is 1. The first kappa shape index (κ1) is 13.4. The molecule has 0 radical (unpaired) electrons. The van der Waals surface area contributed by atoms with Gasteiger partial charge in [0, 0.05) is 24.8 Å². The van der Waals surface area contributed by atoms with Gasteiger partial charge in [0.1, 0.15) is 0 Å². The largest absolute Gasteiger partial charge is 0.343 e. The van der Waals surface area contributed by atoms with Crippen LogP contribution in [0.15, 0.2) is 0 Å². The van der Waals surface area contributed by atoms with Crippen LogP contribution in [0.3, 0.4) is 0 Å². The van der Waals surface area contributed by atoms with Crippen molar-refractivity contribution >= 4 is 21.8 Å². The first-order valence-corrected chi connectivity index (χ1v) is 8.25. The highest BCUT2D eigenvalue weighted by molar-refractivity contribution is 9.09. The second-order valence-corrected chi connectivity index (χ2v) is 6.33. The number of halogens is 1.